The van der Waals surface area contributed by atoms with Crippen molar-refractivity contribution < 1.29 is 18.0 Å². The molecule has 0 N–H and O–H groups in total. The highest BCUT2D eigenvalue weighted by Crippen LogP contribution is 2.29. The van der Waals surface area contributed by atoms with E-state index >= 15 is 0 Å². The number of alkyl halides is 3. The van der Waals surface area contributed by atoms with Crippen LogP contribution in [-0.4, -0.2) is 11.9 Å². The summed E-state index contributed by atoms with van der Waals surface area (Å²) < 4.78 is 36.3. The first-order chi connectivity index (χ1) is 5.91. The van der Waals surface area contributed by atoms with Gasteiger partial charge < -0.3 is 4.84 Å². The van der Waals surface area contributed by atoms with E-state index in [-0.39, 0.29) is 5.92 Å². The Kier molecular flexibility index (Phi) is 2.63. The van der Waals surface area contributed by atoms with Gasteiger partial charge in [0, 0.05) is 5.92 Å². The first-order valence-corrected chi connectivity index (χ1v) is 3.90. The van der Waals surface area contributed by atoms with E-state index in [0.717, 1.165) is 6.08 Å². The molecular weight excluding hydrogens is 183 g/mol. The fourth-order valence-electron chi connectivity index (χ4n) is 0.870. The maximum Gasteiger partial charge on any atom is 0.451 e. The standard InChI is InChI=1S/C8H10F3NO/c1-5-3-4-7(8(9,10)11)13-12-6(5)2/h4-5H,3H2,1-2H3. The van der Waals surface area contributed by atoms with Crippen LogP contribution in [0, 0.1) is 5.92 Å². The average molecular weight is 193 g/mol. The summed E-state index contributed by atoms with van der Waals surface area (Å²) in [5.74, 6) is -1.02. The van der Waals surface area contributed by atoms with Gasteiger partial charge in [-0.15, -0.1) is 0 Å². The third-order valence-corrected chi connectivity index (χ3v) is 1.94. The molecule has 0 spiro atoms. The van der Waals surface area contributed by atoms with Crippen molar-refractivity contribution in [2.45, 2.75) is 26.4 Å². The van der Waals surface area contributed by atoms with Gasteiger partial charge in [0.15, 0.2) is 0 Å². The van der Waals surface area contributed by atoms with E-state index in [0.29, 0.717) is 12.1 Å². The molecule has 0 radical (unpaired) electrons. The second-order valence-electron chi connectivity index (χ2n) is 3.03. The van der Waals surface area contributed by atoms with Gasteiger partial charge in [0.1, 0.15) is 0 Å². The first-order valence-electron chi connectivity index (χ1n) is 3.90. The van der Waals surface area contributed by atoms with Crippen molar-refractivity contribution in [1.82, 2.24) is 0 Å². The molecule has 2 nitrogen and oxygen atoms in total. The van der Waals surface area contributed by atoms with Gasteiger partial charge in [-0.05, 0) is 19.4 Å². The summed E-state index contributed by atoms with van der Waals surface area (Å²) in [4.78, 5) is 4.27. The van der Waals surface area contributed by atoms with Gasteiger partial charge >= 0.3 is 6.18 Å². The highest BCUT2D eigenvalue weighted by molar-refractivity contribution is 5.83. The van der Waals surface area contributed by atoms with Crippen LogP contribution in [0.2, 0.25) is 0 Å². The lowest BCUT2D eigenvalue weighted by atomic mass is 10.0. The van der Waals surface area contributed by atoms with E-state index < -0.39 is 11.9 Å². The van der Waals surface area contributed by atoms with Gasteiger partial charge in [0.05, 0.1) is 5.71 Å². The Morgan fingerprint density at radius 2 is 2.15 bits per heavy atom. The normalized spacial score (nSPS) is 24.2. The molecule has 1 rings (SSSR count). The van der Waals surface area contributed by atoms with Crippen LogP contribution in [0.5, 0.6) is 0 Å². The van der Waals surface area contributed by atoms with E-state index in [2.05, 4.69) is 9.99 Å². The first kappa shape index (κ1) is 10.1. The van der Waals surface area contributed by atoms with Crippen LogP contribution < -0.4 is 0 Å². The van der Waals surface area contributed by atoms with Gasteiger partial charge in [-0.2, -0.15) is 13.2 Å². The van der Waals surface area contributed by atoms with Crippen molar-refractivity contribution >= 4 is 5.71 Å². The Morgan fingerprint density at radius 1 is 1.54 bits per heavy atom. The molecule has 0 aromatic rings. The summed E-state index contributed by atoms with van der Waals surface area (Å²) in [5.41, 5.74) is 0.579. The topological polar surface area (TPSA) is 21.6 Å². The van der Waals surface area contributed by atoms with Crippen LogP contribution in [0.25, 0.3) is 0 Å². The lowest BCUT2D eigenvalue weighted by Gasteiger charge is -2.06. The number of hydrogen-bond donors (Lipinski definition) is 0. The van der Waals surface area contributed by atoms with E-state index in [1.807, 2.05) is 0 Å². The minimum absolute atomic E-state index is 0.000139. The second kappa shape index (κ2) is 3.40. The van der Waals surface area contributed by atoms with Gasteiger partial charge in [-0.3, -0.25) is 0 Å². The highest BCUT2D eigenvalue weighted by Gasteiger charge is 2.37. The van der Waals surface area contributed by atoms with Gasteiger partial charge in [0.2, 0.25) is 5.76 Å². The summed E-state index contributed by atoms with van der Waals surface area (Å²) in [6, 6.07) is 0. The Balaban J connectivity index is 2.82. The highest BCUT2D eigenvalue weighted by atomic mass is 19.4. The van der Waals surface area contributed by atoms with Crippen molar-refractivity contribution in [2.75, 3.05) is 0 Å². The maximum atomic E-state index is 12.1. The minimum atomic E-state index is -4.44. The summed E-state index contributed by atoms with van der Waals surface area (Å²) in [7, 11) is 0. The Labute approximate surface area is 74.1 Å². The van der Waals surface area contributed by atoms with Crippen molar-refractivity contribution in [2.24, 2.45) is 11.1 Å². The third kappa shape index (κ3) is 2.47. The SMILES string of the molecule is CC1=NOC(C(F)(F)F)=CCC1C. The van der Waals surface area contributed by atoms with Crippen LogP contribution in [0.15, 0.2) is 17.0 Å². The minimum Gasteiger partial charge on any atom is -0.352 e. The van der Waals surface area contributed by atoms with E-state index in [1.54, 1.807) is 13.8 Å². The van der Waals surface area contributed by atoms with Crippen molar-refractivity contribution in [3.8, 4) is 0 Å². The number of nitrogens with zero attached hydrogens (tertiary/aromatic N) is 1. The molecule has 74 valence electrons. The van der Waals surface area contributed by atoms with Crippen LogP contribution in [-0.2, 0) is 4.84 Å². The summed E-state index contributed by atoms with van der Waals surface area (Å²) >= 11 is 0. The maximum absolute atomic E-state index is 12.1. The van der Waals surface area contributed by atoms with Crippen molar-refractivity contribution in [3.63, 3.8) is 0 Å². The summed E-state index contributed by atoms with van der Waals surface area (Å²) in [5, 5.41) is 3.38. The molecule has 0 aromatic heterocycles. The third-order valence-electron chi connectivity index (χ3n) is 1.94. The molecule has 0 fully saturated rings. The molecule has 5 heteroatoms. The molecule has 0 aromatic carbocycles. The van der Waals surface area contributed by atoms with Crippen LogP contribution in [0.1, 0.15) is 20.3 Å². The predicted molar refractivity (Wildman–Crippen MR) is 42.1 cm³/mol. The molecular formula is C8H10F3NO. The zero-order valence-corrected chi connectivity index (χ0v) is 7.35. The molecule has 1 aliphatic heterocycles. The monoisotopic (exact) mass is 193 g/mol. The molecule has 13 heavy (non-hydrogen) atoms. The van der Waals surface area contributed by atoms with E-state index in [9.17, 15) is 13.2 Å². The van der Waals surface area contributed by atoms with E-state index in [4.69, 9.17) is 0 Å². The zero-order chi connectivity index (χ0) is 10.1. The van der Waals surface area contributed by atoms with Crippen molar-refractivity contribution in [3.05, 3.63) is 11.8 Å². The smallest absolute Gasteiger partial charge is 0.352 e. The summed E-state index contributed by atoms with van der Waals surface area (Å²) in [6.07, 6.45) is -3.09. The average Bonchev–Trinajstić information content (AvgIpc) is 2.14. The quantitative estimate of drug-likeness (QED) is 0.579. The Hall–Kier alpha value is -1.00. The number of halogens is 3. The molecule has 0 saturated heterocycles. The van der Waals surface area contributed by atoms with Crippen LogP contribution in [0.3, 0.4) is 0 Å². The van der Waals surface area contributed by atoms with Gasteiger partial charge in [0.25, 0.3) is 0 Å². The van der Waals surface area contributed by atoms with Gasteiger partial charge in [-0.1, -0.05) is 12.1 Å². The largest absolute Gasteiger partial charge is 0.451 e. The van der Waals surface area contributed by atoms with Gasteiger partial charge in [-0.25, -0.2) is 0 Å². The molecule has 1 aliphatic rings. The lowest BCUT2D eigenvalue weighted by molar-refractivity contribution is -0.130. The van der Waals surface area contributed by atoms with Crippen LogP contribution >= 0.6 is 0 Å². The number of hydrogen-bond acceptors (Lipinski definition) is 2. The Bertz CT molecular complexity index is 255. The molecule has 0 amide bonds. The fraction of sp³-hybridized carbons (Fsp3) is 0.625. The molecule has 0 aliphatic carbocycles. The van der Waals surface area contributed by atoms with E-state index in [1.165, 1.54) is 0 Å². The number of oxime groups is 1. The lowest BCUT2D eigenvalue weighted by Crippen LogP contribution is -2.12. The molecule has 1 atom stereocenters. The van der Waals surface area contributed by atoms with Crippen molar-refractivity contribution in [1.29, 1.82) is 0 Å². The fourth-order valence-corrected chi connectivity index (χ4v) is 0.870. The van der Waals surface area contributed by atoms with Crippen LogP contribution in [0.4, 0.5) is 13.2 Å². The Morgan fingerprint density at radius 3 is 2.69 bits per heavy atom. The molecule has 0 saturated carbocycles. The summed E-state index contributed by atoms with van der Waals surface area (Å²) in [6.45, 7) is 3.45. The molecule has 1 heterocycles. The molecule has 0 bridgehead atoms. The zero-order valence-electron chi connectivity index (χ0n) is 7.35. The number of rotatable bonds is 0. The predicted octanol–water partition coefficient (Wildman–Crippen LogP) is 2.86. The second-order valence-corrected chi connectivity index (χ2v) is 3.03. The number of allylic oxidation sites excluding steroid dienone is 2. The molecule has 1 unspecified atom stereocenters.